The third kappa shape index (κ3) is 2.62. The Morgan fingerprint density at radius 2 is 2.05 bits per heavy atom. The second kappa shape index (κ2) is 5.38. The minimum absolute atomic E-state index is 0.243. The summed E-state index contributed by atoms with van der Waals surface area (Å²) >= 11 is 0. The Balaban J connectivity index is 2.30. The molecular formula is C15H19F2NO2. The Kier molecular flexibility index (Phi) is 3.97. The first-order valence-corrected chi connectivity index (χ1v) is 6.64. The highest BCUT2D eigenvalue weighted by Crippen LogP contribution is 2.32. The number of amides is 1. The fraction of sp³-hybridized carbons (Fsp3) is 0.533. The number of para-hydroxylation sites is 1. The van der Waals surface area contributed by atoms with E-state index in [-0.39, 0.29) is 6.04 Å². The molecule has 1 aromatic rings. The summed E-state index contributed by atoms with van der Waals surface area (Å²) in [5, 5.41) is 0. The number of benzene rings is 1. The second-order valence-electron chi connectivity index (χ2n) is 5.72. The molecular weight excluding hydrogens is 264 g/mol. The van der Waals surface area contributed by atoms with E-state index in [9.17, 15) is 13.6 Å². The minimum Gasteiger partial charge on any atom is -0.491 e. The van der Waals surface area contributed by atoms with Crippen LogP contribution in [0.1, 0.15) is 26.3 Å². The lowest BCUT2D eigenvalue weighted by atomic mass is 9.91. The van der Waals surface area contributed by atoms with Gasteiger partial charge in [-0.05, 0) is 26.8 Å². The first kappa shape index (κ1) is 14.8. The van der Waals surface area contributed by atoms with Crippen LogP contribution in [-0.4, -0.2) is 29.9 Å². The van der Waals surface area contributed by atoms with Crippen molar-refractivity contribution in [1.29, 1.82) is 0 Å². The molecule has 110 valence electrons. The molecule has 1 atom stereocenters. The van der Waals surface area contributed by atoms with Crippen molar-refractivity contribution < 1.29 is 18.3 Å². The lowest BCUT2D eigenvalue weighted by Gasteiger charge is -2.33. The van der Waals surface area contributed by atoms with Crippen LogP contribution < -0.4 is 4.74 Å². The van der Waals surface area contributed by atoms with E-state index in [0.717, 1.165) is 5.56 Å². The lowest BCUT2D eigenvalue weighted by molar-refractivity contribution is -0.152. The molecule has 0 spiro atoms. The van der Waals surface area contributed by atoms with Crippen molar-refractivity contribution in [3.63, 3.8) is 0 Å². The average Bonchev–Trinajstić information content (AvgIpc) is 2.57. The topological polar surface area (TPSA) is 29.5 Å². The van der Waals surface area contributed by atoms with Gasteiger partial charge < -0.3 is 9.64 Å². The molecule has 20 heavy (non-hydrogen) atoms. The number of halogens is 2. The van der Waals surface area contributed by atoms with E-state index < -0.39 is 17.7 Å². The van der Waals surface area contributed by atoms with Gasteiger partial charge >= 0.3 is 0 Å². The zero-order valence-corrected chi connectivity index (χ0v) is 11.9. The van der Waals surface area contributed by atoms with Crippen LogP contribution >= 0.6 is 0 Å². The molecule has 5 heteroatoms. The molecule has 1 aliphatic heterocycles. The number of ether oxygens (including phenoxy) is 1. The number of hydrogen-bond acceptors (Lipinski definition) is 2. The number of rotatable bonds is 2. The van der Waals surface area contributed by atoms with E-state index >= 15 is 0 Å². The van der Waals surface area contributed by atoms with Crippen LogP contribution in [0.4, 0.5) is 8.78 Å². The lowest BCUT2D eigenvalue weighted by Crippen LogP contribution is -2.48. The first-order valence-electron chi connectivity index (χ1n) is 6.64. The molecule has 0 N–H and O–H groups in total. The molecule has 1 amide bonds. The highest BCUT2D eigenvalue weighted by atomic mass is 19.3. The molecule has 0 aliphatic carbocycles. The Hall–Kier alpha value is -1.65. The molecule has 0 aromatic heterocycles. The van der Waals surface area contributed by atoms with Gasteiger partial charge in [0.15, 0.2) is 0 Å². The van der Waals surface area contributed by atoms with Crippen LogP contribution in [0.5, 0.6) is 5.75 Å². The summed E-state index contributed by atoms with van der Waals surface area (Å²) in [5.74, 6) is 0.171. The van der Waals surface area contributed by atoms with Gasteiger partial charge in [-0.3, -0.25) is 4.79 Å². The predicted octanol–water partition coefficient (Wildman–Crippen LogP) is 3.09. The quantitative estimate of drug-likeness (QED) is 0.834. The van der Waals surface area contributed by atoms with Gasteiger partial charge in [-0.25, -0.2) is 8.78 Å². The fourth-order valence-corrected chi connectivity index (χ4v) is 2.15. The molecule has 1 unspecified atom stereocenters. The van der Waals surface area contributed by atoms with Crippen molar-refractivity contribution in [3.8, 4) is 5.75 Å². The highest BCUT2D eigenvalue weighted by Gasteiger charge is 2.42. The Labute approximate surface area is 117 Å². The van der Waals surface area contributed by atoms with Gasteiger partial charge in [0, 0.05) is 12.1 Å². The van der Waals surface area contributed by atoms with Crippen molar-refractivity contribution in [2.45, 2.75) is 39.8 Å². The summed E-state index contributed by atoms with van der Waals surface area (Å²) in [7, 11) is 0. The van der Waals surface area contributed by atoms with Crippen LogP contribution in [0.2, 0.25) is 0 Å². The van der Waals surface area contributed by atoms with Crippen LogP contribution in [-0.2, 0) is 11.3 Å². The molecule has 0 bridgehead atoms. The molecule has 1 heterocycles. The molecule has 1 aliphatic rings. The van der Waals surface area contributed by atoms with Crippen molar-refractivity contribution in [1.82, 2.24) is 4.90 Å². The standard InChI is InChI=1S/C15H19F2NO2/c1-10-9-20-12-7-5-4-6-11(12)8-18(10)14(19)15(2,3)13(16)17/h4-7,10,13H,8-9H2,1-3H3. The van der Waals surface area contributed by atoms with E-state index in [1.54, 1.807) is 0 Å². The predicted molar refractivity (Wildman–Crippen MR) is 71.7 cm³/mol. The number of carbonyl (C=O) groups excluding carboxylic acids is 1. The number of carbonyl (C=O) groups is 1. The maximum Gasteiger partial charge on any atom is 0.252 e. The van der Waals surface area contributed by atoms with Crippen molar-refractivity contribution >= 4 is 5.91 Å². The van der Waals surface area contributed by atoms with Crippen LogP contribution in [0.25, 0.3) is 0 Å². The van der Waals surface area contributed by atoms with E-state index in [1.807, 2.05) is 31.2 Å². The summed E-state index contributed by atoms with van der Waals surface area (Å²) in [6.07, 6.45) is -2.69. The van der Waals surface area contributed by atoms with Gasteiger partial charge in [-0.1, -0.05) is 18.2 Å². The maximum absolute atomic E-state index is 13.1. The van der Waals surface area contributed by atoms with Gasteiger partial charge in [0.2, 0.25) is 5.91 Å². The maximum atomic E-state index is 13.1. The summed E-state index contributed by atoms with van der Waals surface area (Å²) < 4.78 is 31.8. The summed E-state index contributed by atoms with van der Waals surface area (Å²) in [6, 6.07) is 7.13. The van der Waals surface area contributed by atoms with E-state index in [2.05, 4.69) is 0 Å². The van der Waals surface area contributed by atoms with Crippen molar-refractivity contribution in [2.75, 3.05) is 6.61 Å². The SMILES string of the molecule is CC1COc2ccccc2CN1C(=O)C(C)(C)C(F)F. The third-order valence-corrected chi connectivity index (χ3v) is 3.68. The molecule has 0 saturated heterocycles. The monoisotopic (exact) mass is 283 g/mol. The normalized spacial score (nSPS) is 19.3. The van der Waals surface area contributed by atoms with Crippen molar-refractivity contribution in [3.05, 3.63) is 29.8 Å². The molecule has 3 nitrogen and oxygen atoms in total. The van der Waals surface area contributed by atoms with Gasteiger partial charge in [0.25, 0.3) is 6.43 Å². The molecule has 0 radical (unpaired) electrons. The second-order valence-corrected chi connectivity index (χ2v) is 5.72. The number of alkyl halides is 2. The average molecular weight is 283 g/mol. The number of fused-ring (bicyclic) bond motifs is 1. The van der Waals surface area contributed by atoms with Gasteiger partial charge in [0.05, 0.1) is 6.04 Å². The molecule has 2 rings (SSSR count). The zero-order chi connectivity index (χ0) is 14.9. The highest BCUT2D eigenvalue weighted by molar-refractivity contribution is 5.82. The summed E-state index contributed by atoms with van der Waals surface area (Å²) in [5.41, 5.74) is -0.844. The Morgan fingerprint density at radius 3 is 2.70 bits per heavy atom. The first-order chi connectivity index (χ1) is 9.34. The number of hydrogen-bond donors (Lipinski definition) is 0. The summed E-state index contributed by atoms with van der Waals surface area (Å²) in [4.78, 5) is 13.9. The van der Waals surface area contributed by atoms with Gasteiger partial charge in [-0.2, -0.15) is 0 Å². The number of nitrogens with zero attached hydrogens (tertiary/aromatic N) is 1. The van der Waals surface area contributed by atoms with Gasteiger partial charge in [0.1, 0.15) is 17.8 Å². The molecule has 0 saturated carbocycles. The zero-order valence-electron chi connectivity index (χ0n) is 11.9. The van der Waals surface area contributed by atoms with E-state index in [1.165, 1.54) is 18.7 Å². The smallest absolute Gasteiger partial charge is 0.252 e. The molecule has 0 fully saturated rings. The minimum atomic E-state index is -2.69. The van der Waals surface area contributed by atoms with E-state index in [4.69, 9.17) is 4.74 Å². The Morgan fingerprint density at radius 1 is 1.40 bits per heavy atom. The molecule has 1 aromatic carbocycles. The fourth-order valence-electron chi connectivity index (χ4n) is 2.15. The summed E-state index contributed by atoms with van der Waals surface area (Å²) in [6.45, 7) is 4.98. The Bertz CT molecular complexity index is 502. The van der Waals surface area contributed by atoms with Crippen molar-refractivity contribution in [2.24, 2.45) is 5.41 Å². The van der Waals surface area contributed by atoms with E-state index in [0.29, 0.717) is 18.9 Å². The van der Waals surface area contributed by atoms with Gasteiger partial charge in [-0.15, -0.1) is 0 Å². The van der Waals surface area contributed by atoms with Crippen LogP contribution in [0, 0.1) is 5.41 Å². The van der Waals surface area contributed by atoms with Crippen LogP contribution in [0.3, 0.4) is 0 Å². The largest absolute Gasteiger partial charge is 0.491 e. The van der Waals surface area contributed by atoms with Crippen LogP contribution in [0.15, 0.2) is 24.3 Å². The third-order valence-electron chi connectivity index (χ3n) is 3.68.